The summed E-state index contributed by atoms with van der Waals surface area (Å²) in [5.74, 6) is -0.606. The third kappa shape index (κ3) is 4.25. The Hall–Kier alpha value is -1.46. The standard InChI is InChI=1S/C14H21N2O4P/c1-4-10-16(18)13(17)11-15-14(2,21(3,19)20)12-8-6-5-7-9-12/h4-9,15,18H,1,10-11H2,2-3H3,(H,19,20). The Labute approximate surface area is 124 Å². The van der Waals surface area contributed by atoms with Crippen molar-refractivity contribution in [3.63, 3.8) is 0 Å². The normalized spacial score (nSPS) is 16.6. The number of carbonyl (C=O) groups excluding carboxylic acids is 1. The molecule has 0 spiro atoms. The smallest absolute Gasteiger partial charge is 0.260 e. The van der Waals surface area contributed by atoms with Gasteiger partial charge in [0, 0.05) is 6.66 Å². The highest BCUT2D eigenvalue weighted by Gasteiger charge is 2.41. The molecule has 0 aliphatic rings. The number of rotatable bonds is 7. The maximum absolute atomic E-state index is 12.2. The number of benzene rings is 1. The number of hydroxylamine groups is 2. The molecule has 1 rings (SSSR count). The van der Waals surface area contributed by atoms with E-state index in [1.54, 1.807) is 37.3 Å². The fraction of sp³-hybridized carbons (Fsp3) is 0.357. The summed E-state index contributed by atoms with van der Waals surface area (Å²) in [6.07, 6.45) is 1.38. The van der Waals surface area contributed by atoms with Crippen LogP contribution in [0.1, 0.15) is 12.5 Å². The summed E-state index contributed by atoms with van der Waals surface area (Å²) >= 11 is 0. The number of amides is 1. The maximum atomic E-state index is 12.2. The summed E-state index contributed by atoms with van der Waals surface area (Å²) < 4.78 is 12.2. The molecule has 0 aliphatic carbocycles. The first-order valence-electron chi connectivity index (χ1n) is 6.43. The van der Waals surface area contributed by atoms with E-state index < -0.39 is 18.6 Å². The second-order valence-electron chi connectivity index (χ2n) is 4.94. The molecule has 0 aromatic heterocycles. The van der Waals surface area contributed by atoms with Crippen LogP contribution in [0.2, 0.25) is 0 Å². The van der Waals surface area contributed by atoms with E-state index in [1.807, 2.05) is 0 Å². The number of nitrogens with one attached hydrogen (secondary N) is 1. The van der Waals surface area contributed by atoms with Gasteiger partial charge in [-0.05, 0) is 12.5 Å². The number of hydrogen-bond acceptors (Lipinski definition) is 4. The molecule has 6 nitrogen and oxygen atoms in total. The number of nitrogens with zero attached hydrogens (tertiary/aromatic N) is 1. The molecular weight excluding hydrogens is 291 g/mol. The molecule has 1 aromatic carbocycles. The zero-order chi connectivity index (χ0) is 16.1. The van der Waals surface area contributed by atoms with Crippen molar-refractivity contribution in [2.45, 2.75) is 12.2 Å². The van der Waals surface area contributed by atoms with Gasteiger partial charge in [-0.15, -0.1) is 6.58 Å². The molecule has 2 unspecified atom stereocenters. The molecule has 0 aliphatic heterocycles. The molecule has 116 valence electrons. The van der Waals surface area contributed by atoms with Crippen LogP contribution in [0.15, 0.2) is 43.0 Å². The van der Waals surface area contributed by atoms with E-state index >= 15 is 0 Å². The van der Waals surface area contributed by atoms with Gasteiger partial charge in [0.15, 0.2) is 0 Å². The Bertz CT molecular complexity index is 543. The Kier molecular flexibility index (Phi) is 5.87. The fourth-order valence-electron chi connectivity index (χ4n) is 1.81. The van der Waals surface area contributed by atoms with Crippen molar-refractivity contribution in [1.29, 1.82) is 0 Å². The Morgan fingerprint density at radius 1 is 1.48 bits per heavy atom. The van der Waals surface area contributed by atoms with Crippen LogP contribution >= 0.6 is 7.37 Å². The van der Waals surface area contributed by atoms with Crippen LogP contribution in [0.4, 0.5) is 0 Å². The highest BCUT2D eigenvalue weighted by Crippen LogP contribution is 2.55. The predicted octanol–water partition coefficient (Wildman–Crippen LogP) is 1.75. The van der Waals surface area contributed by atoms with Crippen molar-refractivity contribution < 1.29 is 19.5 Å². The quantitative estimate of drug-likeness (QED) is 0.309. The first-order valence-corrected chi connectivity index (χ1v) is 8.54. The van der Waals surface area contributed by atoms with Crippen molar-refractivity contribution in [2.24, 2.45) is 0 Å². The Morgan fingerprint density at radius 3 is 2.52 bits per heavy atom. The van der Waals surface area contributed by atoms with Crippen molar-refractivity contribution in [3.8, 4) is 0 Å². The van der Waals surface area contributed by atoms with E-state index in [0.29, 0.717) is 10.6 Å². The lowest BCUT2D eigenvalue weighted by Crippen LogP contribution is -2.45. The summed E-state index contributed by atoms with van der Waals surface area (Å²) in [5, 5.41) is 11.4. The molecule has 0 fully saturated rings. The molecule has 0 saturated heterocycles. The highest BCUT2D eigenvalue weighted by molar-refractivity contribution is 7.58. The van der Waals surface area contributed by atoms with Gasteiger partial charge >= 0.3 is 0 Å². The predicted molar refractivity (Wildman–Crippen MR) is 81.2 cm³/mol. The first kappa shape index (κ1) is 17.6. The minimum Gasteiger partial charge on any atom is -0.343 e. The largest absolute Gasteiger partial charge is 0.343 e. The van der Waals surface area contributed by atoms with Gasteiger partial charge in [-0.1, -0.05) is 36.4 Å². The van der Waals surface area contributed by atoms with E-state index in [4.69, 9.17) is 0 Å². The fourth-order valence-corrected chi connectivity index (χ4v) is 2.81. The van der Waals surface area contributed by atoms with Crippen LogP contribution in [0, 0.1) is 0 Å². The lowest BCUT2D eigenvalue weighted by atomic mass is 10.1. The van der Waals surface area contributed by atoms with Gasteiger partial charge < -0.3 is 4.89 Å². The van der Waals surface area contributed by atoms with Crippen LogP contribution in [-0.2, 0) is 14.6 Å². The van der Waals surface area contributed by atoms with Gasteiger partial charge in [-0.25, -0.2) is 5.06 Å². The van der Waals surface area contributed by atoms with Gasteiger partial charge in [-0.2, -0.15) is 0 Å². The molecule has 1 amide bonds. The van der Waals surface area contributed by atoms with Crippen molar-refractivity contribution >= 4 is 13.3 Å². The van der Waals surface area contributed by atoms with Crippen LogP contribution in [0.5, 0.6) is 0 Å². The zero-order valence-electron chi connectivity index (χ0n) is 12.2. The minimum atomic E-state index is -3.60. The van der Waals surface area contributed by atoms with Crippen LogP contribution in [0.25, 0.3) is 0 Å². The van der Waals surface area contributed by atoms with Crippen molar-refractivity contribution in [2.75, 3.05) is 19.8 Å². The Balaban J connectivity index is 2.94. The van der Waals surface area contributed by atoms with Crippen LogP contribution < -0.4 is 5.32 Å². The second-order valence-corrected chi connectivity index (χ2v) is 7.59. The summed E-state index contributed by atoms with van der Waals surface area (Å²) in [7, 11) is -3.60. The zero-order valence-corrected chi connectivity index (χ0v) is 13.1. The summed E-state index contributed by atoms with van der Waals surface area (Å²) in [6.45, 7) is 5.94. The third-order valence-electron chi connectivity index (χ3n) is 3.34. The van der Waals surface area contributed by atoms with E-state index in [1.165, 1.54) is 12.7 Å². The van der Waals surface area contributed by atoms with Crippen LogP contribution in [-0.4, -0.2) is 40.8 Å². The summed E-state index contributed by atoms with van der Waals surface area (Å²) in [4.78, 5) is 21.8. The first-order chi connectivity index (χ1) is 9.72. The summed E-state index contributed by atoms with van der Waals surface area (Å²) in [6, 6.07) is 8.73. The van der Waals surface area contributed by atoms with Gasteiger partial charge in [0.2, 0.25) is 7.37 Å². The molecule has 2 atom stereocenters. The van der Waals surface area contributed by atoms with Gasteiger partial charge in [-0.3, -0.25) is 19.9 Å². The number of carbonyl (C=O) groups is 1. The molecule has 0 bridgehead atoms. The highest BCUT2D eigenvalue weighted by atomic mass is 31.2. The van der Waals surface area contributed by atoms with E-state index in [0.717, 1.165) is 0 Å². The van der Waals surface area contributed by atoms with Crippen molar-refractivity contribution in [3.05, 3.63) is 48.6 Å². The van der Waals surface area contributed by atoms with Gasteiger partial charge in [0.25, 0.3) is 5.91 Å². The van der Waals surface area contributed by atoms with E-state index in [-0.39, 0.29) is 13.1 Å². The van der Waals surface area contributed by atoms with Gasteiger partial charge in [0.1, 0.15) is 5.28 Å². The third-order valence-corrected chi connectivity index (χ3v) is 5.42. The van der Waals surface area contributed by atoms with Crippen molar-refractivity contribution in [1.82, 2.24) is 10.4 Å². The van der Waals surface area contributed by atoms with Crippen LogP contribution in [0.3, 0.4) is 0 Å². The molecule has 21 heavy (non-hydrogen) atoms. The number of hydrogen-bond donors (Lipinski definition) is 3. The topological polar surface area (TPSA) is 89.9 Å². The monoisotopic (exact) mass is 312 g/mol. The second kappa shape index (κ2) is 7.00. The molecule has 0 radical (unpaired) electrons. The Morgan fingerprint density at radius 2 is 2.05 bits per heavy atom. The van der Waals surface area contributed by atoms with E-state index in [9.17, 15) is 19.5 Å². The molecule has 3 N–H and O–H groups in total. The average molecular weight is 312 g/mol. The lowest BCUT2D eigenvalue weighted by Gasteiger charge is -2.34. The lowest BCUT2D eigenvalue weighted by molar-refractivity contribution is -0.161. The average Bonchev–Trinajstić information content (AvgIpc) is 2.44. The molecule has 0 heterocycles. The molecular formula is C14H21N2O4P. The van der Waals surface area contributed by atoms with E-state index in [2.05, 4.69) is 11.9 Å². The minimum absolute atomic E-state index is 0.00846. The summed E-state index contributed by atoms with van der Waals surface area (Å²) in [5.41, 5.74) is 0.597. The maximum Gasteiger partial charge on any atom is 0.260 e. The molecule has 0 saturated carbocycles. The van der Waals surface area contributed by atoms with Gasteiger partial charge in [0.05, 0.1) is 13.1 Å². The SMILES string of the molecule is C=CCN(O)C(=O)CNC(C)(c1ccccc1)P(C)(=O)O. The molecule has 7 heteroatoms. The molecule has 1 aromatic rings.